The first-order chi connectivity index (χ1) is 13.4. The third-order valence-corrected chi connectivity index (χ3v) is 5.41. The molecule has 0 aromatic heterocycles. The van der Waals surface area contributed by atoms with E-state index in [1.807, 2.05) is 0 Å². The molecule has 0 amide bonds. The van der Waals surface area contributed by atoms with Crippen LogP contribution in [0, 0.1) is 10.1 Å². The van der Waals surface area contributed by atoms with E-state index in [-0.39, 0.29) is 11.3 Å². The summed E-state index contributed by atoms with van der Waals surface area (Å²) in [5.41, 5.74) is -1.45. The summed E-state index contributed by atoms with van der Waals surface area (Å²) in [6.07, 6.45) is -4.79. The van der Waals surface area contributed by atoms with Gasteiger partial charge in [0.25, 0.3) is 5.69 Å². The van der Waals surface area contributed by atoms with E-state index in [0.29, 0.717) is 12.1 Å². The fraction of sp³-hybridized carbons (Fsp3) is 0.188. The Balaban J connectivity index is 2.06. The van der Waals surface area contributed by atoms with Crippen molar-refractivity contribution in [3.05, 3.63) is 68.7 Å². The van der Waals surface area contributed by atoms with Crippen molar-refractivity contribution >= 4 is 33.3 Å². The Morgan fingerprint density at radius 2 is 1.86 bits per heavy atom. The maximum Gasteiger partial charge on any atom is 0.416 e. The summed E-state index contributed by atoms with van der Waals surface area (Å²) in [6, 6.07) is 7.15. The zero-order valence-electron chi connectivity index (χ0n) is 14.3. The van der Waals surface area contributed by atoms with Gasteiger partial charge in [0, 0.05) is 6.07 Å². The molecule has 8 nitrogen and oxygen atoms in total. The second-order valence-corrected chi connectivity index (χ2v) is 7.66. The van der Waals surface area contributed by atoms with E-state index in [1.165, 1.54) is 24.3 Å². The van der Waals surface area contributed by atoms with Gasteiger partial charge in [0.1, 0.15) is 18.0 Å². The zero-order valence-corrected chi connectivity index (χ0v) is 15.8. The summed E-state index contributed by atoms with van der Waals surface area (Å²) in [5, 5.41) is 10.4. The highest BCUT2D eigenvalue weighted by Gasteiger charge is 2.32. The standard InChI is InChI=1S/C16H12ClF3N2O6S/c17-12-6-5-11(16(18,19)20)7-14(12)29(26,27)21-8-15(23)28-9-10-3-1-2-4-13(10)22(24)25/h1-7,21H,8-9H2. The van der Waals surface area contributed by atoms with Crippen LogP contribution in [0.1, 0.15) is 11.1 Å². The molecule has 0 radical (unpaired) electrons. The molecule has 0 aliphatic rings. The number of benzene rings is 2. The SMILES string of the molecule is O=C(CNS(=O)(=O)c1cc(C(F)(F)F)ccc1Cl)OCc1ccccc1[N+](=O)[O-]. The van der Waals surface area contributed by atoms with Crippen molar-refractivity contribution in [1.82, 2.24) is 4.72 Å². The first kappa shape index (κ1) is 22.6. The summed E-state index contributed by atoms with van der Waals surface area (Å²) in [5.74, 6) is -1.10. The number of carbonyl (C=O) groups excluding carboxylic acids is 1. The summed E-state index contributed by atoms with van der Waals surface area (Å²) >= 11 is 5.67. The number of esters is 1. The van der Waals surface area contributed by atoms with Crippen LogP contribution in [0.4, 0.5) is 18.9 Å². The molecule has 29 heavy (non-hydrogen) atoms. The minimum atomic E-state index is -4.79. The van der Waals surface area contributed by atoms with E-state index >= 15 is 0 Å². The fourth-order valence-corrected chi connectivity index (χ4v) is 3.63. The molecule has 0 saturated carbocycles. The molecule has 156 valence electrons. The molecule has 0 saturated heterocycles. The summed E-state index contributed by atoms with van der Waals surface area (Å²) < 4.78 is 69.3. The average Bonchev–Trinajstić information content (AvgIpc) is 2.64. The van der Waals surface area contributed by atoms with Crippen LogP contribution in [0.2, 0.25) is 5.02 Å². The van der Waals surface area contributed by atoms with Crippen molar-refractivity contribution in [2.75, 3.05) is 6.54 Å². The van der Waals surface area contributed by atoms with Gasteiger partial charge in [-0.25, -0.2) is 8.42 Å². The van der Waals surface area contributed by atoms with Crippen LogP contribution < -0.4 is 4.72 Å². The summed E-state index contributed by atoms with van der Waals surface area (Å²) in [6.45, 7) is -1.42. The lowest BCUT2D eigenvalue weighted by atomic mass is 10.2. The van der Waals surface area contributed by atoms with Gasteiger partial charge in [-0.2, -0.15) is 17.9 Å². The Bertz CT molecular complexity index is 1040. The smallest absolute Gasteiger partial charge is 0.416 e. The normalized spacial score (nSPS) is 11.9. The number of nitro groups is 1. The molecule has 2 aromatic carbocycles. The van der Waals surface area contributed by atoms with Gasteiger partial charge in [0.2, 0.25) is 10.0 Å². The van der Waals surface area contributed by atoms with Crippen LogP contribution in [0.25, 0.3) is 0 Å². The highest BCUT2D eigenvalue weighted by atomic mass is 35.5. The quantitative estimate of drug-likeness (QED) is 0.391. The Kier molecular flexibility index (Phi) is 6.82. The molecular weight excluding hydrogens is 441 g/mol. The van der Waals surface area contributed by atoms with Crippen molar-refractivity contribution in [3.63, 3.8) is 0 Å². The lowest BCUT2D eigenvalue weighted by Gasteiger charge is -2.12. The van der Waals surface area contributed by atoms with Gasteiger partial charge in [-0.1, -0.05) is 23.7 Å². The number of hydrogen-bond acceptors (Lipinski definition) is 6. The highest BCUT2D eigenvalue weighted by molar-refractivity contribution is 7.89. The monoisotopic (exact) mass is 452 g/mol. The minimum Gasteiger partial charge on any atom is -0.460 e. The molecule has 0 bridgehead atoms. The molecule has 1 N–H and O–H groups in total. The number of alkyl halides is 3. The third-order valence-electron chi connectivity index (χ3n) is 3.53. The molecular formula is C16H12ClF3N2O6S. The number of rotatable bonds is 7. The molecule has 0 heterocycles. The highest BCUT2D eigenvalue weighted by Crippen LogP contribution is 2.33. The number of halogens is 4. The van der Waals surface area contributed by atoms with Gasteiger partial charge in [-0.15, -0.1) is 0 Å². The molecule has 2 rings (SSSR count). The maximum absolute atomic E-state index is 12.8. The average molecular weight is 453 g/mol. The Labute approximate surface area is 167 Å². The molecule has 0 fully saturated rings. The predicted octanol–water partition coefficient (Wildman–Crippen LogP) is 3.29. The van der Waals surface area contributed by atoms with Gasteiger partial charge in [0.05, 0.1) is 21.1 Å². The third kappa shape index (κ3) is 5.89. The number of carbonyl (C=O) groups is 1. The second-order valence-electron chi connectivity index (χ2n) is 5.51. The maximum atomic E-state index is 12.8. The molecule has 0 atom stereocenters. The van der Waals surface area contributed by atoms with E-state index in [1.54, 1.807) is 4.72 Å². The van der Waals surface area contributed by atoms with Gasteiger partial charge in [0.15, 0.2) is 0 Å². The number of nitrogens with one attached hydrogen (secondary N) is 1. The van der Waals surface area contributed by atoms with E-state index in [2.05, 4.69) is 0 Å². The van der Waals surface area contributed by atoms with Gasteiger partial charge < -0.3 is 4.74 Å². The number of nitro benzene ring substituents is 1. The van der Waals surface area contributed by atoms with E-state index < -0.39 is 55.7 Å². The zero-order chi connectivity index (χ0) is 21.8. The molecule has 2 aromatic rings. The molecule has 0 aliphatic heterocycles. The topological polar surface area (TPSA) is 116 Å². The number of hydrogen-bond donors (Lipinski definition) is 1. The number of ether oxygens (including phenoxy) is 1. The number of nitrogens with zero attached hydrogens (tertiary/aromatic N) is 1. The van der Waals surface area contributed by atoms with Crippen LogP contribution in [-0.4, -0.2) is 25.9 Å². The van der Waals surface area contributed by atoms with Crippen LogP contribution >= 0.6 is 11.6 Å². The first-order valence-corrected chi connectivity index (χ1v) is 9.52. The van der Waals surface area contributed by atoms with Crippen molar-refractivity contribution in [1.29, 1.82) is 0 Å². The molecule has 13 heteroatoms. The fourth-order valence-electron chi connectivity index (χ4n) is 2.14. The Hall–Kier alpha value is -2.70. The minimum absolute atomic E-state index is 0.0784. The van der Waals surface area contributed by atoms with E-state index in [9.17, 15) is 36.5 Å². The van der Waals surface area contributed by atoms with Crippen LogP contribution in [0.15, 0.2) is 47.4 Å². The van der Waals surface area contributed by atoms with E-state index in [4.69, 9.17) is 16.3 Å². The molecule has 0 aliphatic carbocycles. The lowest BCUT2D eigenvalue weighted by Crippen LogP contribution is -2.31. The predicted molar refractivity (Wildman–Crippen MR) is 94.5 cm³/mol. The lowest BCUT2D eigenvalue weighted by molar-refractivity contribution is -0.385. The van der Waals surface area contributed by atoms with Crippen molar-refractivity contribution in [3.8, 4) is 0 Å². The number of para-hydroxylation sites is 1. The summed E-state index contributed by atoms with van der Waals surface area (Å²) in [7, 11) is -4.56. The van der Waals surface area contributed by atoms with Crippen LogP contribution in [-0.2, 0) is 32.3 Å². The Morgan fingerprint density at radius 1 is 1.21 bits per heavy atom. The van der Waals surface area contributed by atoms with Gasteiger partial charge in [-0.3, -0.25) is 14.9 Å². The van der Waals surface area contributed by atoms with Gasteiger partial charge >= 0.3 is 12.1 Å². The van der Waals surface area contributed by atoms with Crippen LogP contribution in [0.5, 0.6) is 0 Å². The van der Waals surface area contributed by atoms with Crippen molar-refractivity contribution < 1.29 is 36.0 Å². The molecule has 0 unspecified atom stereocenters. The van der Waals surface area contributed by atoms with E-state index in [0.717, 1.165) is 6.07 Å². The Morgan fingerprint density at radius 3 is 2.48 bits per heavy atom. The van der Waals surface area contributed by atoms with Gasteiger partial charge in [-0.05, 0) is 24.3 Å². The second kappa shape index (κ2) is 8.76. The molecule has 0 spiro atoms. The van der Waals surface area contributed by atoms with Crippen molar-refractivity contribution in [2.45, 2.75) is 17.7 Å². The largest absolute Gasteiger partial charge is 0.460 e. The number of sulfonamides is 1. The van der Waals surface area contributed by atoms with Crippen LogP contribution in [0.3, 0.4) is 0 Å². The van der Waals surface area contributed by atoms with Crippen molar-refractivity contribution in [2.24, 2.45) is 0 Å². The summed E-state index contributed by atoms with van der Waals surface area (Å²) in [4.78, 5) is 21.1. The first-order valence-electron chi connectivity index (χ1n) is 7.66.